The van der Waals surface area contributed by atoms with E-state index in [2.05, 4.69) is 23.0 Å². The summed E-state index contributed by atoms with van der Waals surface area (Å²) in [5.74, 6) is 1.24. The first-order valence-electron chi connectivity index (χ1n) is 6.65. The number of ether oxygens (including phenoxy) is 1. The van der Waals surface area contributed by atoms with Gasteiger partial charge >= 0.3 is 0 Å². The number of fused-ring (bicyclic) bond motifs is 1. The standard InChI is InChI=1S/C14H21N3O2/c1-2-12(9-14(15)16-18)17-7-8-19-13-6-4-3-5-11(13)10-17/h3-6,12,18H,2,7-10H2,1H3,(H2,15,16). The predicted octanol–water partition coefficient (Wildman–Crippen LogP) is 1.80. The minimum atomic E-state index is 0.269. The van der Waals surface area contributed by atoms with Crippen LogP contribution >= 0.6 is 0 Å². The quantitative estimate of drug-likeness (QED) is 0.376. The zero-order valence-electron chi connectivity index (χ0n) is 11.2. The second kappa shape index (κ2) is 6.43. The van der Waals surface area contributed by atoms with Crippen LogP contribution in [-0.2, 0) is 6.54 Å². The Hall–Kier alpha value is -1.75. The molecule has 5 heteroatoms. The summed E-state index contributed by atoms with van der Waals surface area (Å²) in [4.78, 5) is 2.34. The Morgan fingerprint density at radius 1 is 1.53 bits per heavy atom. The lowest BCUT2D eigenvalue weighted by molar-refractivity contribution is 0.167. The summed E-state index contributed by atoms with van der Waals surface area (Å²) in [6.45, 7) is 4.48. The third kappa shape index (κ3) is 3.38. The van der Waals surface area contributed by atoms with E-state index in [1.54, 1.807) is 0 Å². The molecular formula is C14H21N3O2. The third-order valence-corrected chi connectivity index (χ3v) is 3.54. The normalized spacial score (nSPS) is 18.3. The summed E-state index contributed by atoms with van der Waals surface area (Å²) < 4.78 is 5.75. The molecule has 0 amide bonds. The van der Waals surface area contributed by atoms with Gasteiger partial charge in [0.2, 0.25) is 0 Å². The fourth-order valence-electron chi connectivity index (χ4n) is 2.47. The maximum Gasteiger partial charge on any atom is 0.140 e. The number of hydrogen-bond donors (Lipinski definition) is 2. The third-order valence-electron chi connectivity index (χ3n) is 3.54. The number of hydrogen-bond acceptors (Lipinski definition) is 4. The molecule has 0 saturated heterocycles. The van der Waals surface area contributed by atoms with Crippen LogP contribution in [0.1, 0.15) is 25.3 Å². The van der Waals surface area contributed by atoms with Gasteiger partial charge in [-0.1, -0.05) is 30.3 Å². The maximum atomic E-state index is 8.71. The molecule has 0 spiro atoms. The second-order valence-electron chi connectivity index (χ2n) is 4.78. The minimum absolute atomic E-state index is 0.269. The number of amidine groups is 1. The Bertz CT molecular complexity index is 448. The second-order valence-corrected chi connectivity index (χ2v) is 4.78. The molecule has 0 saturated carbocycles. The molecule has 0 aliphatic carbocycles. The van der Waals surface area contributed by atoms with Gasteiger partial charge in [0, 0.05) is 31.1 Å². The Morgan fingerprint density at radius 3 is 3.05 bits per heavy atom. The van der Waals surface area contributed by atoms with Crippen LogP contribution in [0.25, 0.3) is 0 Å². The van der Waals surface area contributed by atoms with Gasteiger partial charge in [-0.05, 0) is 12.5 Å². The van der Waals surface area contributed by atoms with E-state index in [9.17, 15) is 0 Å². The highest BCUT2D eigenvalue weighted by atomic mass is 16.5. The average molecular weight is 263 g/mol. The molecule has 5 nitrogen and oxygen atoms in total. The predicted molar refractivity (Wildman–Crippen MR) is 74.5 cm³/mol. The molecule has 0 radical (unpaired) electrons. The topological polar surface area (TPSA) is 71.1 Å². The van der Waals surface area contributed by atoms with Gasteiger partial charge in [-0.2, -0.15) is 0 Å². The van der Waals surface area contributed by atoms with Crippen molar-refractivity contribution in [2.24, 2.45) is 10.9 Å². The SMILES string of the molecule is CCC(CC(N)=NO)N1CCOc2ccccc2C1. The zero-order valence-corrected chi connectivity index (χ0v) is 11.2. The number of benzene rings is 1. The summed E-state index contributed by atoms with van der Waals surface area (Å²) >= 11 is 0. The van der Waals surface area contributed by atoms with Crippen molar-refractivity contribution in [2.75, 3.05) is 13.2 Å². The van der Waals surface area contributed by atoms with Crippen LogP contribution in [0.15, 0.2) is 29.4 Å². The molecule has 3 N–H and O–H groups in total. The number of rotatable bonds is 4. The summed E-state index contributed by atoms with van der Waals surface area (Å²) in [5, 5.41) is 11.8. The molecule has 0 fully saturated rings. The van der Waals surface area contributed by atoms with Gasteiger partial charge < -0.3 is 15.7 Å². The largest absolute Gasteiger partial charge is 0.492 e. The van der Waals surface area contributed by atoms with Crippen molar-refractivity contribution in [1.82, 2.24) is 4.90 Å². The van der Waals surface area contributed by atoms with Crippen LogP contribution in [0.4, 0.5) is 0 Å². The Kier molecular flexibility index (Phi) is 4.63. The van der Waals surface area contributed by atoms with E-state index in [-0.39, 0.29) is 11.9 Å². The molecule has 1 aliphatic heterocycles. The highest BCUT2D eigenvalue weighted by Crippen LogP contribution is 2.24. The fraction of sp³-hybridized carbons (Fsp3) is 0.500. The highest BCUT2D eigenvalue weighted by Gasteiger charge is 2.22. The number of para-hydroxylation sites is 1. The minimum Gasteiger partial charge on any atom is -0.492 e. The van der Waals surface area contributed by atoms with Gasteiger partial charge in [-0.25, -0.2) is 0 Å². The van der Waals surface area contributed by atoms with Crippen molar-refractivity contribution in [3.8, 4) is 5.75 Å². The van der Waals surface area contributed by atoms with E-state index in [1.165, 1.54) is 5.56 Å². The average Bonchev–Trinajstić information content (AvgIpc) is 2.66. The van der Waals surface area contributed by atoms with Crippen LogP contribution in [-0.4, -0.2) is 35.1 Å². The Morgan fingerprint density at radius 2 is 2.32 bits per heavy atom. The first-order chi connectivity index (χ1) is 9.24. The lowest BCUT2D eigenvalue weighted by atomic mass is 10.1. The van der Waals surface area contributed by atoms with E-state index in [0.29, 0.717) is 13.0 Å². The Balaban J connectivity index is 2.12. The van der Waals surface area contributed by atoms with Gasteiger partial charge in [-0.3, -0.25) is 4.90 Å². The van der Waals surface area contributed by atoms with E-state index < -0.39 is 0 Å². The van der Waals surface area contributed by atoms with Crippen LogP contribution in [0.3, 0.4) is 0 Å². The van der Waals surface area contributed by atoms with Crippen LogP contribution in [0, 0.1) is 0 Å². The van der Waals surface area contributed by atoms with Crippen molar-refractivity contribution >= 4 is 5.84 Å². The zero-order chi connectivity index (χ0) is 13.7. The molecule has 19 heavy (non-hydrogen) atoms. The van der Waals surface area contributed by atoms with Crippen molar-refractivity contribution in [2.45, 2.75) is 32.4 Å². The van der Waals surface area contributed by atoms with Crippen LogP contribution in [0.2, 0.25) is 0 Å². The van der Waals surface area contributed by atoms with Gasteiger partial charge in [0.05, 0.1) is 0 Å². The first kappa shape index (κ1) is 13.7. The molecule has 1 heterocycles. The number of nitrogens with two attached hydrogens (primary N) is 1. The number of oxime groups is 1. The molecule has 0 bridgehead atoms. The molecule has 1 atom stereocenters. The fourth-order valence-corrected chi connectivity index (χ4v) is 2.47. The molecular weight excluding hydrogens is 242 g/mol. The van der Waals surface area contributed by atoms with E-state index in [4.69, 9.17) is 15.7 Å². The van der Waals surface area contributed by atoms with Crippen LogP contribution in [0.5, 0.6) is 5.75 Å². The van der Waals surface area contributed by atoms with Crippen molar-refractivity contribution < 1.29 is 9.94 Å². The smallest absolute Gasteiger partial charge is 0.140 e. The van der Waals surface area contributed by atoms with Gasteiger partial charge in [0.15, 0.2) is 0 Å². The highest BCUT2D eigenvalue weighted by molar-refractivity contribution is 5.80. The van der Waals surface area contributed by atoms with Gasteiger partial charge in [-0.15, -0.1) is 0 Å². The lowest BCUT2D eigenvalue weighted by Crippen LogP contribution is -2.38. The van der Waals surface area contributed by atoms with E-state index in [0.717, 1.165) is 25.3 Å². The molecule has 0 aromatic heterocycles. The van der Waals surface area contributed by atoms with Crippen LogP contribution < -0.4 is 10.5 Å². The number of nitrogens with zero attached hydrogens (tertiary/aromatic N) is 2. The molecule has 1 aliphatic rings. The summed E-state index contributed by atoms with van der Waals surface area (Å²) in [6, 6.07) is 8.37. The van der Waals surface area contributed by atoms with Gasteiger partial charge in [0.1, 0.15) is 18.2 Å². The molecule has 2 rings (SSSR count). The monoisotopic (exact) mass is 263 g/mol. The summed E-state index contributed by atoms with van der Waals surface area (Å²) in [6.07, 6.45) is 1.54. The molecule has 1 aromatic rings. The van der Waals surface area contributed by atoms with Crippen molar-refractivity contribution in [1.29, 1.82) is 0 Å². The van der Waals surface area contributed by atoms with Gasteiger partial charge in [0.25, 0.3) is 0 Å². The van der Waals surface area contributed by atoms with E-state index in [1.807, 2.05) is 18.2 Å². The molecule has 1 aromatic carbocycles. The summed E-state index contributed by atoms with van der Waals surface area (Å²) in [5.41, 5.74) is 6.82. The molecule has 1 unspecified atom stereocenters. The summed E-state index contributed by atoms with van der Waals surface area (Å²) in [7, 11) is 0. The lowest BCUT2D eigenvalue weighted by Gasteiger charge is -2.28. The maximum absolute atomic E-state index is 8.71. The van der Waals surface area contributed by atoms with Crippen molar-refractivity contribution in [3.05, 3.63) is 29.8 Å². The molecule has 104 valence electrons. The van der Waals surface area contributed by atoms with Crippen molar-refractivity contribution in [3.63, 3.8) is 0 Å². The first-order valence-corrected chi connectivity index (χ1v) is 6.65. The van der Waals surface area contributed by atoms with E-state index >= 15 is 0 Å². The Labute approximate surface area is 113 Å².